The number of halogens is 1. The third-order valence-corrected chi connectivity index (χ3v) is 4.97. The number of hydrogen-bond acceptors (Lipinski definition) is 4. The number of benzene rings is 1. The molecule has 0 saturated carbocycles. The van der Waals surface area contributed by atoms with Crippen LogP contribution in [0.5, 0.6) is 0 Å². The number of rotatable bonds is 3. The average Bonchev–Trinajstić information content (AvgIpc) is 3.08. The van der Waals surface area contributed by atoms with Crippen LogP contribution in [0.3, 0.4) is 0 Å². The number of pyridine rings is 1. The molecule has 8 heteroatoms. The first-order valence-electron chi connectivity index (χ1n) is 8.90. The monoisotopic (exact) mass is 368 g/mol. The van der Waals surface area contributed by atoms with Gasteiger partial charge in [0.15, 0.2) is 5.82 Å². The van der Waals surface area contributed by atoms with Crippen LogP contribution in [0.4, 0.5) is 14.9 Å². The molecule has 2 amide bonds. The van der Waals surface area contributed by atoms with Gasteiger partial charge in [-0.1, -0.05) is 12.1 Å². The molecule has 1 aromatic carbocycles. The van der Waals surface area contributed by atoms with Crippen molar-refractivity contribution in [3.63, 3.8) is 0 Å². The summed E-state index contributed by atoms with van der Waals surface area (Å²) in [5.74, 6) is -0.333. The molecule has 3 aromatic rings. The number of urea groups is 1. The Morgan fingerprint density at radius 1 is 1.19 bits per heavy atom. The van der Waals surface area contributed by atoms with Gasteiger partial charge in [0.25, 0.3) is 0 Å². The first-order valence-corrected chi connectivity index (χ1v) is 8.90. The van der Waals surface area contributed by atoms with Crippen LogP contribution in [0.25, 0.3) is 10.9 Å². The minimum atomic E-state index is -0.333. The van der Waals surface area contributed by atoms with Gasteiger partial charge in [0.2, 0.25) is 0 Å². The van der Waals surface area contributed by atoms with Crippen molar-refractivity contribution in [1.29, 1.82) is 0 Å². The van der Waals surface area contributed by atoms with Crippen molar-refractivity contribution in [2.75, 3.05) is 31.1 Å². The Balaban J connectivity index is 1.35. The third kappa shape index (κ3) is 3.42. The fourth-order valence-electron chi connectivity index (χ4n) is 3.45. The van der Waals surface area contributed by atoms with Gasteiger partial charge < -0.3 is 15.1 Å². The van der Waals surface area contributed by atoms with Crippen LogP contribution >= 0.6 is 0 Å². The van der Waals surface area contributed by atoms with Gasteiger partial charge in [-0.15, -0.1) is 0 Å². The van der Waals surface area contributed by atoms with Crippen LogP contribution in [0.1, 0.15) is 5.56 Å². The lowest BCUT2D eigenvalue weighted by Crippen LogP contribution is -2.51. The minimum absolute atomic E-state index is 0.106. The molecule has 27 heavy (non-hydrogen) atoms. The summed E-state index contributed by atoms with van der Waals surface area (Å²) < 4.78 is 15.7. The maximum Gasteiger partial charge on any atom is 0.317 e. The van der Waals surface area contributed by atoms with E-state index in [1.165, 1.54) is 6.20 Å². The zero-order valence-corrected chi connectivity index (χ0v) is 15.1. The molecule has 1 fully saturated rings. The van der Waals surface area contributed by atoms with Crippen molar-refractivity contribution < 1.29 is 9.18 Å². The zero-order chi connectivity index (χ0) is 18.8. The van der Waals surface area contributed by atoms with Crippen molar-refractivity contribution >= 4 is 22.6 Å². The number of aromatic nitrogens is 3. The van der Waals surface area contributed by atoms with Gasteiger partial charge in [0.1, 0.15) is 0 Å². The molecule has 1 saturated heterocycles. The Labute approximate surface area is 156 Å². The summed E-state index contributed by atoms with van der Waals surface area (Å²) in [6, 6.07) is 7.53. The second-order valence-corrected chi connectivity index (χ2v) is 6.58. The predicted octanol–water partition coefficient (Wildman–Crippen LogP) is 2.14. The summed E-state index contributed by atoms with van der Waals surface area (Å²) in [6.07, 6.45) is 4.61. The molecule has 1 N–H and O–H groups in total. The topological polar surface area (TPSA) is 66.3 Å². The summed E-state index contributed by atoms with van der Waals surface area (Å²) in [6.45, 7) is 2.72. The summed E-state index contributed by atoms with van der Waals surface area (Å²) in [5.41, 5.74) is 2.61. The predicted molar refractivity (Wildman–Crippen MR) is 101 cm³/mol. The molecule has 0 aliphatic carbocycles. The van der Waals surface area contributed by atoms with Crippen molar-refractivity contribution in [3.8, 4) is 0 Å². The first kappa shape index (κ1) is 17.3. The van der Waals surface area contributed by atoms with Crippen molar-refractivity contribution in [2.24, 2.45) is 7.05 Å². The number of carbonyl (C=O) groups excluding carboxylic acids is 1. The Hall–Kier alpha value is -3.16. The van der Waals surface area contributed by atoms with E-state index in [1.54, 1.807) is 17.2 Å². The smallest absolute Gasteiger partial charge is 0.317 e. The van der Waals surface area contributed by atoms with Crippen molar-refractivity contribution in [3.05, 3.63) is 54.2 Å². The molecule has 0 radical (unpaired) electrons. The lowest BCUT2D eigenvalue weighted by Gasteiger charge is -2.36. The quantitative estimate of drug-likeness (QED) is 0.769. The number of nitrogens with one attached hydrogen (secondary N) is 1. The highest BCUT2D eigenvalue weighted by Gasteiger charge is 2.22. The maximum atomic E-state index is 13.9. The normalized spacial score (nSPS) is 14.6. The molecule has 1 aliphatic rings. The molecule has 0 bridgehead atoms. The molecule has 140 valence electrons. The van der Waals surface area contributed by atoms with E-state index in [4.69, 9.17) is 0 Å². The van der Waals surface area contributed by atoms with Gasteiger partial charge >= 0.3 is 6.03 Å². The molecular formula is C19H21FN6O. The van der Waals surface area contributed by atoms with Gasteiger partial charge in [-0.05, 0) is 17.7 Å². The van der Waals surface area contributed by atoms with Gasteiger partial charge in [0, 0.05) is 51.4 Å². The highest BCUT2D eigenvalue weighted by molar-refractivity contribution is 5.83. The number of nitrogens with zero attached hydrogens (tertiary/aromatic N) is 5. The molecule has 0 unspecified atom stereocenters. The molecule has 3 heterocycles. The second kappa shape index (κ2) is 7.22. The number of piperazine rings is 1. The Bertz CT molecular complexity index is 964. The minimum Gasteiger partial charge on any atom is -0.366 e. The van der Waals surface area contributed by atoms with Gasteiger partial charge in [-0.3, -0.25) is 9.67 Å². The van der Waals surface area contributed by atoms with Gasteiger partial charge in [0.05, 0.1) is 23.6 Å². The third-order valence-electron chi connectivity index (χ3n) is 4.97. The van der Waals surface area contributed by atoms with Crippen LogP contribution in [0.15, 0.2) is 42.9 Å². The first-order chi connectivity index (χ1) is 13.1. The molecule has 0 spiro atoms. The highest BCUT2D eigenvalue weighted by atomic mass is 19.1. The van der Waals surface area contributed by atoms with Gasteiger partial charge in [-0.2, -0.15) is 5.10 Å². The Morgan fingerprint density at radius 2 is 2.00 bits per heavy atom. The van der Waals surface area contributed by atoms with E-state index in [0.717, 1.165) is 16.5 Å². The molecule has 1 aliphatic heterocycles. The van der Waals surface area contributed by atoms with Crippen LogP contribution in [-0.4, -0.2) is 51.9 Å². The van der Waals surface area contributed by atoms with E-state index in [-0.39, 0.29) is 11.8 Å². The molecule has 0 atom stereocenters. The number of hydrogen-bond donors (Lipinski definition) is 1. The number of carbonyl (C=O) groups is 1. The Morgan fingerprint density at radius 3 is 2.78 bits per heavy atom. The summed E-state index contributed by atoms with van der Waals surface area (Å²) in [4.78, 5) is 20.0. The van der Waals surface area contributed by atoms with Crippen molar-refractivity contribution in [1.82, 2.24) is 25.0 Å². The fourth-order valence-corrected chi connectivity index (χ4v) is 3.45. The van der Waals surface area contributed by atoms with E-state index < -0.39 is 0 Å². The molecular weight excluding hydrogens is 347 g/mol. The summed E-state index contributed by atoms with van der Waals surface area (Å²) in [5, 5.41) is 8.29. The van der Waals surface area contributed by atoms with Crippen LogP contribution < -0.4 is 10.2 Å². The zero-order valence-electron chi connectivity index (χ0n) is 15.1. The number of aryl methyl sites for hydroxylation is 1. The highest BCUT2D eigenvalue weighted by Crippen LogP contribution is 2.20. The van der Waals surface area contributed by atoms with E-state index in [0.29, 0.717) is 38.4 Å². The van der Waals surface area contributed by atoms with Crippen LogP contribution in [0, 0.1) is 5.82 Å². The van der Waals surface area contributed by atoms with E-state index in [2.05, 4.69) is 15.4 Å². The molecule has 4 rings (SSSR count). The van der Waals surface area contributed by atoms with E-state index >= 15 is 0 Å². The standard InChI is InChI=1S/C19H21FN6O/c1-24-17-4-2-3-14(15(17)12-23-24)11-22-19(27)26-9-7-25(8-10-26)18-5-6-21-13-16(18)20/h2-6,12-13H,7-11H2,1H3,(H,22,27). The van der Waals surface area contributed by atoms with Gasteiger partial charge in [-0.25, -0.2) is 9.18 Å². The number of anilines is 1. The molecule has 7 nitrogen and oxygen atoms in total. The van der Waals surface area contributed by atoms with Crippen LogP contribution in [-0.2, 0) is 13.6 Å². The average molecular weight is 368 g/mol. The Kier molecular flexibility index (Phi) is 4.62. The molecule has 2 aromatic heterocycles. The largest absolute Gasteiger partial charge is 0.366 e. The van der Waals surface area contributed by atoms with E-state index in [9.17, 15) is 9.18 Å². The summed E-state index contributed by atoms with van der Waals surface area (Å²) in [7, 11) is 1.90. The van der Waals surface area contributed by atoms with Crippen LogP contribution in [0.2, 0.25) is 0 Å². The number of fused-ring (bicyclic) bond motifs is 1. The fraction of sp³-hybridized carbons (Fsp3) is 0.316. The second-order valence-electron chi connectivity index (χ2n) is 6.58. The lowest BCUT2D eigenvalue weighted by atomic mass is 10.1. The maximum absolute atomic E-state index is 13.9. The van der Waals surface area contributed by atoms with Crippen molar-refractivity contribution in [2.45, 2.75) is 6.54 Å². The number of amides is 2. The summed E-state index contributed by atoms with van der Waals surface area (Å²) >= 11 is 0. The SMILES string of the molecule is Cn1ncc2c(CNC(=O)N3CCN(c4ccncc4F)CC3)cccc21. The van der Waals surface area contributed by atoms with E-state index in [1.807, 2.05) is 41.0 Å². The lowest BCUT2D eigenvalue weighted by molar-refractivity contribution is 0.194.